The Bertz CT molecular complexity index is 432. The second-order valence-electron chi connectivity index (χ2n) is 4.17. The molecule has 0 amide bonds. The zero-order valence-electron chi connectivity index (χ0n) is 10.0. The van der Waals surface area contributed by atoms with Crippen LogP contribution in [-0.4, -0.2) is 24.7 Å². The number of carbonyl (C=O) groups is 1. The Morgan fingerprint density at radius 1 is 1.44 bits per heavy atom. The third kappa shape index (κ3) is 3.65. The Kier molecular flexibility index (Phi) is 4.21. The van der Waals surface area contributed by atoms with E-state index in [2.05, 4.69) is 0 Å². The molecule has 0 fully saturated rings. The predicted octanol–water partition coefficient (Wildman–Crippen LogP) is 2.86. The van der Waals surface area contributed by atoms with Crippen molar-refractivity contribution in [2.24, 2.45) is 5.92 Å². The molecule has 3 nitrogen and oxygen atoms in total. The van der Waals surface area contributed by atoms with Crippen molar-refractivity contribution in [2.75, 3.05) is 18.5 Å². The summed E-state index contributed by atoms with van der Waals surface area (Å²) in [6.07, 6.45) is -4.39. The highest BCUT2D eigenvalue weighted by Crippen LogP contribution is 2.31. The van der Waals surface area contributed by atoms with Crippen molar-refractivity contribution in [1.82, 2.24) is 0 Å². The van der Waals surface area contributed by atoms with Gasteiger partial charge in [0.1, 0.15) is 0 Å². The summed E-state index contributed by atoms with van der Waals surface area (Å²) in [6, 6.07) is 4.82. The van der Waals surface area contributed by atoms with E-state index in [0.29, 0.717) is 5.69 Å². The molecule has 1 aromatic rings. The molecule has 0 radical (unpaired) electrons. The number of aliphatic carboxylic acids is 1. The molecule has 1 N–H and O–H groups in total. The van der Waals surface area contributed by atoms with E-state index in [1.54, 1.807) is 7.05 Å². The van der Waals surface area contributed by atoms with Crippen molar-refractivity contribution in [1.29, 1.82) is 0 Å². The molecule has 1 rings (SSSR count). The minimum absolute atomic E-state index is 0.149. The zero-order chi connectivity index (χ0) is 13.9. The van der Waals surface area contributed by atoms with Gasteiger partial charge in [0.15, 0.2) is 0 Å². The highest BCUT2D eigenvalue weighted by atomic mass is 19.4. The summed E-state index contributed by atoms with van der Waals surface area (Å²) in [7, 11) is 1.56. The first-order valence-corrected chi connectivity index (χ1v) is 5.33. The highest BCUT2D eigenvalue weighted by Gasteiger charge is 2.30. The first-order valence-electron chi connectivity index (χ1n) is 5.33. The van der Waals surface area contributed by atoms with Crippen LogP contribution in [0.4, 0.5) is 18.9 Å². The van der Waals surface area contributed by atoms with Crippen LogP contribution in [0.25, 0.3) is 0 Å². The number of carboxylic acid groups (broad SMARTS) is 1. The van der Waals surface area contributed by atoms with Gasteiger partial charge in [-0.15, -0.1) is 0 Å². The summed E-state index contributed by atoms with van der Waals surface area (Å²) in [5.74, 6) is -1.63. The van der Waals surface area contributed by atoms with E-state index in [1.165, 1.54) is 24.0 Å². The van der Waals surface area contributed by atoms with Crippen molar-refractivity contribution in [3.63, 3.8) is 0 Å². The molecule has 0 saturated heterocycles. The van der Waals surface area contributed by atoms with E-state index >= 15 is 0 Å². The Morgan fingerprint density at radius 2 is 2.06 bits per heavy atom. The molecule has 1 unspecified atom stereocenters. The molecule has 0 aliphatic rings. The van der Waals surface area contributed by atoms with Crippen molar-refractivity contribution in [3.05, 3.63) is 29.8 Å². The number of rotatable bonds is 4. The number of hydrogen-bond acceptors (Lipinski definition) is 2. The van der Waals surface area contributed by atoms with Crippen LogP contribution in [0.1, 0.15) is 12.5 Å². The first-order chi connectivity index (χ1) is 8.21. The van der Waals surface area contributed by atoms with E-state index in [1.807, 2.05) is 0 Å². The van der Waals surface area contributed by atoms with Crippen molar-refractivity contribution < 1.29 is 23.1 Å². The van der Waals surface area contributed by atoms with Crippen molar-refractivity contribution >= 4 is 11.7 Å². The lowest BCUT2D eigenvalue weighted by Crippen LogP contribution is -2.28. The molecule has 6 heteroatoms. The van der Waals surface area contributed by atoms with Crippen LogP contribution in [0.5, 0.6) is 0 Å². The van der Waals surface area contributed by atoms with Crippen LogP contribution in [0.15, 0.2) is 24.3 Å². The molecule has 0 aliphatic carbocycles. The minimum atomic E-state index is -4.39. The molecule has 0 bridgehead atoms. The molecule has 0 aromatic heterocycles. The summed E-state index contributed by atoms with van der Waals surface area (Å²) in [4.78, 5) is 12.2. The van der Waals surface area contributed by atoms with Gasteiger partial charge in [-0.05, 0) is 18.2 Å². The van der Waals surface area contributed by atoms with E-state index in [0.717, 1.165) is 12.1 Å². The molecular formula is C12H14F3NO2. The topological polar surface area (TPSA) is 40.5 Å². The average molecular weight is 261 g/mol. The van der Waals surface area contributed by atoms with Crippen LogP contribution in [0, 0.1) is 5.92 Å². The number of carboxylic acids is 1. The fourth-order valence-corrected chi connectivity index (χ4v) is 1.51. The normalized spacial score (nSPS) is 13.2. The second-order valence-corrected chi connectivity index (χ2v) is 4.17. The Balaban J connectivity index is 2.87. The summed E-state index contributed by atoms with van der Waals surface area (Å²) >= 11 is 0. The van der Waals surface area contributed by atoms with Gasteiger partial charge in [0, 0.05) is 19.3 Å². The van der Waals surface area contributed by atoms with Crippen molar-refractivity contribution in [2.45, 2.75) is 13.1 Å². The molecule has 1 atom stereocenters. The van der Waals surface area contributed by atoms with Crippen LogP contribution in [0.2, 0.25) is 0 Å². The van der Waals surface area contributed by atoms with E-state index in [9.17, 15) is 18.0 Å². The second kappa shape index (κ2) is 5.29. The van der Waals surface area contributed by atoms with E-state index in [-0.39, 0.29) is 6.54 Å². The maximum atomic E-state index is 12.5. The maximum Gasteiger partial charge on any atom is 0.416 e. The largest absolute Gasteiger partial charge is 0.481 e. The lowest BCUT2D eigenvalue weighted by atomic mass is 10.1. The fraction of sp³-hybridized carbons (Fsp3) is 0.417. The molecule has 0 spiro atoms. The summed E-state index contributed by atoms with van der Waals surface area (Å²) in [6.45, 7) is 1.66. The summed E-state index contributed by atoms with van der Waals surface area (Å²) in [5.41, 5.74) is -0.396. The number of benzene rings is 1. The number of halogens is 3. The van der Waals surface area contributed by atoms with Gasteiger partial charge in [-0.3, -0.25) is 4.79 Å². The molecule has 0 aliphatic heterocycles. The molecular weight excluding hydrogens is 247 g/mol. The lowest BCUT2D eigenvalue weighted by molar-refractivity contribution is -0.141. The van der Waals surface area contributed by atoms with Crippen LogP contribution < -0.4 is 4.90 Å². The van der Waals surface area contributed by atoms with Crippen LogP contribution in [0.3, 0.4) is 0 Å². The van der Waals surface area contributed by atoms with Gasteiger partial charge < -0.3 is 10.0 Å². The lowest BCUT2D eigenvalue weighted by Gasteiger charge is -2.22. The Labute approximate surface area is 103 Å². The summed E-state index contributed by atoms with van der Waals surface area (Å²) in [5, 5.41) is 8.75. The first kappa shape index (κ1) is 14.3. The highest BCUT2D eigenvalue weighted by molar-refractivity contribution is 5.70. The molecule has 1 aromatic carbocycles. The monoisotopic (exact) mass is 261 g/mol. The fourth-order valence-electron chi connectivity index (χ4n) is 1.51. The smallest absolute Gasteiger partial charge is 0.416 e. The quantitative estimate of drug-likeness (QED) is 0.906. The van der Waals surface area contributed by atoms with Gasteiger partial charge in [0.2, 0.25) is 0 Å². The molecule has 18 heavy (non-hydrogen) atoms. The summed E-state index contributed by atoms with van der Waals surface area (Å²) < 4.78 is 37.5. The number of anilines is 1. The predicted molar refractivity (Wildman–Crippen MR) is 61.5 cm³/mol. The Morgan fingerprint density at radius 3 is 2.56 bits per heavy atom. The maximum absolute atomic E-state index is 12.5. The number of alkyl halides is 3. The SMILES string of the molecule is CC(CN(C)c1cccc(C(F)(F)F)c1)C(=O)O. The van der Waals surface area contributed by atoms with E-state index in [4.69, 9.17) is 5.11 Å². The minimum Gasteiger partial charge on any atom is -0.481 e. The molecule has 100 valence electrons. The standard InChI is InChI=1S/C12H14F3NO2/c1-8(11(17)18)7-16(2)10-5-3-4-9(6-10)12(13,14)15/h3-6,8H,7H2,1-2H3,(H,17,18). The van der Waals surface area contributed by atoms with Crippen molar-refractivity contribution in [3.8, 4) is 0 Å². The van der Waals surface area contributed by atoms with E-state index < -0.39 is 23.6 Å². The van der Waals surface area contributed by atoms with Gasteiger partial charge in [-0.25, -0.2) is 0 Å². The third-order valence-electron chi connectivity index (χ3n) is 2.58. The Hall–Kier alpha value is -1.72. The van der Waals surface area contributed by atoms with Crippen LogP contribution in [-0.2, 0) is 11.0 Å². The van der Waals surface area contributed by atoms with Gasteiger partial charge in [-0.2, -0.15) is 13.2 Å². The van der Waals surface area contributed by atoms with Gasteiger partial charge in [-0.1, -0.05) is 13.0 Å². The van der Waals surface area contributed by atoms with Gasteiger partial charge >= 0.3 is 12.1 Å². The molecule has 0 heterocycles. The average Bonchev–Trinajstić information content (AvgIpc) is 2.27. The molecule has 0 saturated carbocycles. The number of hydrogen-bond donors (Lipinski definition) is 1. The van der Waals surface area contributed by atoms with Gasteiger partial charge in [0.05, 0.1) is 11.5 Å². The third-order valence-corrected chi connectivity index (χ3v) is 2.58. The zero-order valence-corrected chi connectivity index (χ0v) is 10.0. The van der Waals surface area contributed by atoms with Crippen LogP contribution >= 0.6 is 0 Å². The number of nitrogens with zero attached hydrogens (tertiary/aromatic N) is 1. The van der Waals surface area contributed by atoms with Gasteiger partial charge in [0.25, 0.3) is 0 Å².